The Morgan fingerprint density at radius 3 is 2.62 bits per heavy atom. The van der Waals surface area contributed by atoms with Gasteiger partial charge in [-0.15, -0.1) is 0 Å². The van der Waals surface area contributed by atoms with Gasteiger partial charge in [0.2, 0.25) is 11.8 Å². The van der Waals surface area contributed by atoms with Crippen molar-refractivity contribution in [2.24, 2.45) is 0 Å². The lowest BCUT2D eigenvalue weighted by molar-refractivity contribution is -0.133. The molecule has 0 unspecified atom stereocenters. The first-order valence-electron chi connectivity index (χ1n) is 11.7. The second kappa shape index (κ2) is 11.9. The van der Waals surface area contributed by atoms with E-state index in [1.54, 1.807) is 13.0 Å². The average molecular weight is 470 g/mol. The van der Waals surface area contributed by atoms with Crippen molar-refractivity contribution in [3.63, 3.8) is 0 Å². The van der Waals surface area contributed by atoms with E-state index >= 15 is 0 Å². The highest BCUT2D eigenvalue weighted by atomic mass is 16.5. The summed E-state index contributed by atoms with van der Waals surface area (Å²) in [7, 11) is 0. The molecule has 0 bridgehead atoms. The van der Waals surface area contributed by atoms with Crippen molar-refractivity contribution >= 4 is 17.6 Å². The molecule has 3 atom stereocenters. The third-order valence-corrected chi connectivity index (χ3v) is 6.38. The summed E-state index contributed by atoms with van der Waals surface area (Å²) in [6.45, 7) is 4.82. The number of aromatic nitrogens is 1. The van der Waals surface area contributed by atoms with Crippen molar-refractivity contribution in [1.82, 2.24) is 20.5 Å². The number of carbonyl (C=O) groups excluding carboxylic acids is 2. The predicted molar refractivity (Wildman–Crippen MR) is 129 cm³/mol. The van der Waals surface area contributed by atoms with Gasteiger partial charge in [0.15, 0.2) is 6.29 Å². The SMILES string of the molecule is Cc1nc(N)ccc1CNC(=O)[C@H](C)NC(=O)[C@H]1C[C@@H](c2ccccc2)CCN1CCC(O)O. The van der Waals surface area contributed by atoms with Crippen LogP contribution in [0.15, 0.2) is 42.5 Å². The summed E-state index contributed by atoms with van der Waals surface area (Å²) in [4.78, 5) is 32.0. The molecular formula is C25H35N5O4. The van der Waals surface area contributed by atoms with E-state index < -0.39 is 18.4 Å². The molecule has 34 heavy (non-hydrogen) atoms. The number of hydrogen-bond acceptors (Lipinski definition) is 7. The molecule has 184 valence electrons. The fraction of sp³-hybridized carbons (Fsp3) is 0.480. The molecule has 1 saturated heterocycles. The molecule has 2 aromatic rings. The van der Waals surface area contributed by atoms with E-state index in [9.17, 15) is 19.8 Å². The number of nitrogen functional groups attached to an aromatic ring is 1. The molecule has 1 aliphatic rings. The van der Waals surface area contributed by atoms with Crippen LogP contribution in [0.5, 0.6) is 0 Å². The molecule has 1 fully saturated rings. The van der Waals surface area contributed by atoms with Crippen LogP contribution in [0.2, 0.25) is 0 Å². The molecule has 0 spiro atoms. The minimum Gasteiger partial charge on any atom is -0.384 e. The van der Waals surface area contributed by atoms with Gasteiger partial charge in [0.25, 0.3) is 0 Å². The van der Waals surface area contributed by atoms with Crippen LogP contribution in [0.3, 0.4) is 0 Å². The number of benzene rings is 1. The van der Waals surface area contributed by atoms with Gasteiger partial charge in [-0.1, -0.05) is 36.4 Å². The number of rotatable bonds is 9. The Morgan fingerprint density at radius 1 is 1.21 bits per heavy atom. The standard InChI is InChI=1S/C25H35N5O4/c1-16-20(8-9-22(26)28-16)15-27-24(33)17(2)29-25(34)21-14-19(18-6-4-3-5-7-18)10-12-30(21)13-11-23(31)32/h3-9,17,19,21,23,31-32H,10-15H2,1-2H3,(H2,26,28)(H,27,33)(H,29,34)/t17-,19-,21+/m0/s1. The summed E-state index contributed by atoms with van der Waals surface area (Å²) in [6, 6.07) is 12.4. The molecule has 0 radical (unpaired) electrons. The van der Waals surface area contributed by atoms with E-state index in [1.807, 2.05) is 36.1 Å². The number of nitrogens with zero attached hydrogens (tertiary/aromatic N) is 2. The molecule has 1 aromatic carbocycles. The Hall–Kier alpha value is -3.01. The van der Waals surface area contributed by atoms with Crippen molar-refractivity contribution in [3.8, 4) is 0 Å². The van der Waals surface area contributed by atoms with Crippen LogP contribution in [-0.2, 0) is 16.1 Å². The van der Waals surface area contributed by atoms with Crippen LogP contribution in [-0.4, -0.2) is 63.4 Å². The number of aliphatic hydroxyl groups is 2. The average Bonchev–Trinajstić information content (AvgIpc) is 2.82. The summed E-state index contributed by atoms with van der Waals surface area (Å²) in [5, 5.41) is 24.3. The second-order valence-electron chi connectivity index (χ2n) is 8.88. The van der Waals surface area contributed by atoms with Crippen LogP contribution < -0.4 is 16.4 Å². The van der Waals surface area contributed by atoms with E-state index in [0.717, 1.165) is 17.7 Å². The van der Waals surface area contributed by atoms with Crippen LogP contribution >= 0.6 is 0 Å². The van der Waals surface area contributed by atoms with E-state index in [-0.39, 0.29) is 30.7 Å². The van der Waals surface area contributed by atoms with Crippen LogP contribution in [0.1, 0.15) is 48.9 Å². The molecule has 1 aliphatic heterocycles. The summed E-state index contributed by atoms with van der Waals surface area (Å²) >= 11 is 0. The molecule has 1 aromatic heterocycles. The maximum atomic E-state index is 13.2. The number of hydrogen-bond donors (Lipinski definition) is 5. The van der Waals surface area contributed by atoms with E-state index in [4.69, 9.17) is 5.73 Å². The van der Waals surface area contributed by atoms with Crippen LogP contribution in [0, 0.1) is 6.92 Å². The third kappa shape index (κ3) is 6.99. The quantitative estimate of drug-likeness (QED) is 0.346. The van der Waals surface area contributed by atoms with Gasteiger partial charge < -0.3 is 26.6 Å². The molecule has 9 nitrogen and oxygen atoms in total. The Bertz CT molecular complexity index is 969. The minimum absolute atomic E-state index is 0.158. The zero-order valence-electron chi connectivity index (χ0n) is 19.8. The number of aliphatic hydroxyl groups excluding tert-OH is 1. The first-order valence-corrected chi connectivity index (χ1v) is 11.7. The second-order valence-corrected chi connectivity index (χ2v) is 8.88. The summed E-state index contributed by atoms with van der Waals surface area (Å²) < 4.78 is 0. The molecule has 6 N–H and O–H groups in total. The fourth-order valence-corrected chi connectivity index (χ4v) is 4.37. The Morgan fingerprint density at radius 2 is 1.94 bits per heavy atom. The van der Waals surface area contributed by atoms with Crippen molar-refractivity contribution < 1.29 is 19.8 Å². The van der Waals surface area contributed by atoms with Gasteiger partial charge in [-0.3, -0.25) is 14.5 Å². The number of pyridine rings is 1. The minimum atomic E-state index is -1.42. The smallest absolute Gasteiger partial charge is 0.242 e. The number of piperidine rings is 1. The monoisotopic (exact) mass is 469 g/mol. The van der Waals surface area contributed by atoms with Crippen molar-refractivity contribution in [3.05, 3.63) is 59.3 Å². The zero-order valence-corrected chi connectivity index (χ0v) is 19.8. The van der Waals surface area contributed by atoms with Gasteiger partial charge in [-0.25, -0.2) is 4.98 Å². The van der Waals surface area contributed by atoms with Gasteiger partial charge in [0.05, 0.1) is 6.04 Å². The maximum absolute atomic E-state index is 13.2. The molecule has 2 amide bonds. The molecule has 0 saturated carbocycles. The highest BCUT2D eigenvalue weighted by molar-refractivity contribution is 5.89. The number of carbonyl (C=O) groups is 2. The highest BCUT2D eigenvalue weighted by Crippen LogP contribution is 2.32. The maximum Gasteiger partial charge on any atom is 0.242 e. The molecule has 9 heteroatoms. The number of anilines is 1. The number of nitrogens with one attached hydrogen (secondary N) is 2. The van der Waals surface area contributed by atoms with E-state index in [0.29, 0.717) is 25.3 Å². The molecular weight excluding hydrogens is 434 g/mol. The Balaban J connectivity index is 1.62. The first kappa shape index (κ1) is 25.6. The number of amides is 2. The summed E-state index contributed by atoms with van der Waals surface area (Å²) in [5.41, 5.74) is 8.45. The van der Waals surface area contributed by atoms with Crippen LogP contribution in [0.4, 0.5) is 5.82 Å². The predicted octanol–water partition coefficient (Wildman–Crippen LogP) is 1.04. The van der Waals surface area contributed by atoms with Gasteiger partial charge in [0, 0.05) is 25.2 Å². The summed E-state index contributed by atoms with van der Waals surface area (Å²) in [6.07, 6.45) is 0.208. The van der Waals surface area contributed by atoms with Gasteiger partial charge in [-0.05, 0) is 56.3 Å². The summed E-state index contributed by atoms with van der Waals surface area (Å²) in [5.74, 6) is 0.114. The zero-order chi connectivity index (χ0) is 24.7. The molecule has 2 heterocycles. The van der Waals surface area contributed by atoms with Gasteiger partial charge >= 0.3 is 0 Å². The van der Waals surface area contributed by atoms with Crippen molar-refractivity contribution in [2.45, 2.75) is 63.9 Å². The number of nitrogens with two attached hydrogens (primary N) is 1. The van der Waals surface area contributed by atoms with Crippen LogP contribution in [0.25, 0.3) is 0 Å². The molecule has 3 rings (SSSR count). The normalized spacial score (nSPS) is 19.6. The largest absolute Gasteiger partial charge is 0.384 e. The number of likely N-dealkylation sites (tertiary alicyclic amines) is 1. The van der Waals surface area contributed by atoms with Crippen molar-refractivity contribution in [1.29, 1.82) is 0 Å². The van der Waals surface area contributed by atoms with Crippen molar-refractivity contribution in [2.75, 3.05) is 18.8 Å². The topological polar surface area (TPSA) is 141 Å². The van der Waals surface area contributed by atoms with Gasteiger partial charge in [0.1, 0.15) is 11.9 Å². The number of aryl methyl sites for hydroxylation is 1. The van der Waals surface area contributed by atoms with E-state index in [2.05, 4.69) is 27.8 Å². The highest BCUT2D eigenvalue weighted by Gasteiger charge is 2.35. The molecule has 0 aliphatic carbocycles. The fourth-order valence-electron chi connectivity index (χ4n) is 4.37. The van der Waals surface area contributed by atoms with Gasteiger partial charge in [-0.2, -0.15) is 0 Å². The first-order chi connectivity index (χ1) is 16.2. The lowest BCUT2D eigenvalue weighted by Gasteiger charge is -2.39. The third-order valence-electron chi connectivity index (χ3n) is 6.38. The lowest BCUT2D eigenvalue weighted by atomic mass is 9.84. The lowest BCUT2D eigenvalue weighted by Crippen LogP contribution is -2.55. The van der Waals surface area contributed by atoms with E-state index in [1.165, 1.54) is 5.56 Å². The Labute approximate surface area is 200 Å². The Kier molecular flexibility index (Phi) is 8.98.